The highest BCUT2D eigenvalue weighted by Crippen LogP contribution is 2.28. The van der Waals surface area contributed by atoms with Crippen LogP contribution in [-0.2, 0) is 6.61 Å². The van der Waals surface area contributed by atoms with E-state index in [9.17, 15) is 4.79 Å². The molecule has 1 aliphatic rings. The fraction of sp³-hybridized carbons (Fsp3) is 0.450. The van der Waals surface area contributed by atoms with Gasteiger partial charge in [-0.15, -0.1) is 11.3 Å². The lowest BCUT2D eigenvalue weighted by Gasteiger charge is -2.19. The summed E-state index contributed by atoms with van der Waals surface area (Å²) >= 11 is 1.51. The van der Waals surface area contributed by atoms with E-state index in [1.165, 1.54) is 24.2 Å². The molecule has 0 saturated carbocycles. The molecule has 1 aromatic heterocycles. The summed E-state index contributed by atoms with van der Waals surface area (Å²) in [7, 11) is 0. The van der Waals surface area contributed by atoms with Crippen molar-refractivity contribution < 1.29 is 14.3 Å². The minimum Gasteiger partial charge on any atom is -0.490 e. The molecule has 0 radical (unpaired) electrons. The van der Waals surface area contributed by atoms with Gasteiger partial charge in [0.1, 0.15) is 6.61 Å². The maximum Gasteiger partial charge on any atom is 0.263 e. The van der Waals surface area contributed by atoms with Crippen LogP contribution in [0.4, 0.5) is 0 Å². The number of hydrogen-bond donors (Lipinski definition) is 0. The van der Waals surface area contributed by atoms with Gasteiger partial charge >= 0.3 is 0 Å². The molecule has 0 unspecified atom stereocenters. The third-order valence-corrected chi connectivity index (χ3v) is 5.27. The Bertz CT molecular complexity index is 690. The van der Waals surface area contributed by atoms with Crippen LogP contribution in [0.5, 0.6) is 11.5 Å². The zero-order valence-electron chi connectivity index (χ0n) is 14.7. The van der Waals surface area contributed by atoms with Crippen LogP contribution in [0.1, 0.15) is 47.8 Å². The summed E-state index contributed by atoms with van der Waals surface area (Å²) in [5.41, 5.74) is 1.02. The van der Waals surface area contributed by atoms with Gasteiger partial charge in [-0.05, 0) is 43.3 Å². The van der Waals surface area contributed by atoms with E-state index in [-0.39, 0.29) is 5.91 Å². The molecule has 134 valence electrons. The molecule has 1 aromatic carbocycles. The highest BCUT2D eigenvalue weighted by atomic mass is 32.1. The number of para-hydroxylation sites is 2. The molecule has 2 aromatic rings. The van der Waals surface area contributed by atoms with E-state index in [0.717, 1.165) is 47.9 Å². The number of thiophene rings is 1. The molecule has 5 heteroatoms. The second-order valence-corrected chi connectivity index (χ2v) is 7.11. The van der Waals surface area contributed by atoms with Crippen LogP contribution in [0, 0.1) is 0 Å². The molecule has 3 rings (SSSR count). The third kappa shape index (κ3) is 4.75. The summed E-state index contributed by atoms with van der Waals surface area (Å²) in [6, 6.07) is 9.63. The summed E-state index contributed by atoms with van der Waals surface area (Å²) in [5, 5.41) is 2.01. The van der Waals surface area contributed by atoms with Crippen LogP contribution >= 0.6 is 11.3 Å². The van der Waals surface area contributed by atoms with Gasteiger partial charge in [0.25, 0.3) is 5.91 Å². The van der Waals surface area contributed by atoms with E-state index in [0.29, 0.717) is 13.2 Å². The van der Waals surface area contributed by atoms with Crippen LogP contribution in [0.2, 0.25) is 0 Å². The Balaban J connectivity index is 1.61. The first-order valence-electron chi connectivity index (χ1n) is 8.99. The fourth-order valence-corrected chi connectivity index (χ4v) is 3.86. The predicted molar refractivity (Wildman–Crippen MR) is 101 cm³/mol. The molecule has 1 amide bonds. The van der Waals surface area contributed by atoms with Crippen molar-refractivity contribution in [2.45, 2.75) is 39.2 Å². The van der Waals surface area contributed by atoms with E-state index >= 15 is 0 Å². The van der Waals surface area contributed by atoms with Gasteiger partial charge in [-0.2, -0.15) is 0 Å². The molecule has 0 N–H and O–H groups in total. The molecule has 0 spiro atoms. The van der Waals surface area contributed by atoms with Crippen molar-refractivity contribution in [3.05, 3.63) is 46.2 Å². The molecule has 1 saturated heterocycles. The number of nitrogens with zero attached hydrogens (tertiary/aromatic N) is 1. The van der Waals surface area contributed by atoms with Gasteiger partial charge in [0.05, 0.1) is 11.5 Å². The maximum atomic E-state index is 12.7. The van der Waals surface area contributed by atoms with Crippen LogP contribution in [0.3, 0.4) is 0 Å². The monoisotopic (exact) mass is 359 g/mol. The Morgan fingerprint density at radius 2 is 1.76 bits per heavy atom. The lowest BCUT2D eigenvalue weighted by Crippen LogP contribution is -2.31. The average Bonchev–Trinajstić information content (AvgIpc) is 2.94. The van der Waals surface area contributed by atoms with E-state index in [1.807, 2.05) is 47.5 Å². The number of carbonyl (C=O) groups excluding carboxylic acids is 1. The normalized spacial score (nSPS) is 14.8. The van der Waals surface area contributed by atoms with Gasteiger partial charge in [0, 0.05) is 18.7 Å². The quantitative estimate of drug-likeness (QED) is 0.748. The number of carbonyl (C=O) groups is 1. The summed E-state index contributed by atoms with van der Waals surface area (Å²) in [5.74, 6) is 1.64. The first-order valence-corrected chi connectivity index (χ1v) is 9.87. The molecule has 0 bridgehead atoms. The van der Waals surface area contributed by atoms with Gasteiger partial charge < -0.3 is 14.4 Å². The van der Waals surface area contributed by atoms with Crippen LogP contribution < -0.4 is 9.47 Å². The van der Waals surface area contributed by atoms with Crippen molar-refractivity contribution in [1.82, 2.24) is 4.90 Å². The van der Waals surface area contributed by atoms with E-state index in [2.05, 4.69) is 0 Å². The number of benzene rings is 1. The van der Waals surface area contributed by atoms with E-state index in [1.54, 1.807) is 0 Å². The zero-order valence-corrected chi connectivity index (χ0v) is 15.5. The van der Waals surface area contributed by atoms with Crippen molar-refractivity contribution in [2.24, 2.45) is 0 Å². The van der Waals surface area contributed by atoms with Crippen molar-refractivity contribution in [1.29, 1.82) is 0 Å². The lowest BCUT2D eigenvalue weighted by molar-refractivity contribution is 0.0766. The lowest BCUT2D eigenvalue weighted by atomic mass is 10.2. The van der Waals surface area contributed by atoms with Gasteiger partial charge in [-0.25, -0.2) is 0 Å². The number of rotatable bonds is 6. The predicted octanol–water partition coefficient (Wildman–Crippen LogP) is 4.74. The standard InChI is InChI=1S/C20H25NO3S/c1-2-23-17-9-5-6-10-18(17)24-14-16-13-19(25-15-16)20(22)21-11-7-3-4-8-12-21/h5-6,9-10,13,15H,2-4,7-8,11-12,14H2,1H3. The molecule has 0 aliphatic carbocycles. The Morgan fingerprint density at radius 3 is 2.44 bits per heavy atom. The van der Waals surface area contributed by atoms with Gasteiger partial charge in [-0.1, -0.05) is 25.0 Å². The van der Waals surface area contributed by atoms with Gasteiger partial charge in [0.15, 0.2) is 11.5 Å². The SMILES string of the molecule is CCOc1ccccc1OCc1csc(C(=O)N2CCCCCC2)c1. The van der Waals surface area contributed by atoms with Crippen LogP contribution in [0.15, 0.2) is 35.7 Å². The van der Waals surface area contributed by atoms with Crippen molar-refractivity contribution >= 4 is 17.2 Å². The van der Waals surface area contributed by atoms with Gasteiger partial charge in [0.2, 0.25) is 0 Å². The third-order valence-electron chi connectivity index (χ3n) is 4.30. The smallest absolute Gasteiger partial charge is 0.263 e. The minimum absolute atomic E-state index is 0.160. The topological polar surface area (TPSA) is 38.8 Å². The number of amides is 1. The highest BCUT2D eigenvalue weighted by molar-refractivity contribution is 7.12. The summed E-state index contributed by atoms with van der Waals surface area (Å²) < 4.78 is 11.5. The molecule has 0 atom stereocenters. The fourth-order valence-electron chi connectivity index (χ4n) is 3.00. The molecular formula is C20H25NO3S. The number of hydrogen-bond acceptors (Lipinski definition) is 4. The first kappa shape index (κ1) is 17.8. The highest BCUT2D eigenvalue weighted by Gasteiger charge is 2.19. The molecule has 1 fully saturated rings. The van der Waals surface area contributed by atoms with Crippen molar-refractivity contribution in [3.8, 4) is 11.5 Å². The van der Waals surface area contributed by atoms with Gasteiger partial charge in [-0.3, -0.25) is 4.79 Å². The molecule has 25 heavy (non-hydrogen) atoms. The maximum absolute atomic E-state index is 12.7. The Kier molecular flexibility index (Phi) is 6.34. The largest absolute Gasteiger partial charge is 0.490 e. The van der Waals surface area contributed by atoms with Crippen LogP contribution in [-0.4, -0.2) is 30.5 Å². The molecule has 1 aliphatic heterocycles. The summed E-state index contributed by atoms with van der Waals surface area (Å²) in [4.78, 5) is 15.5. The molecular weight excluding hydrogens is 334 g/mol. The molecule has 2 heterocycles. The Hall–Kier alpha value is -2.01. The number of likely N-dealkylation sites (tertiary alicyclic amines) is 1. The molecule has 4 nitrogen and oxygen atoms in total. The second-order valence-electron chi connectivity index (χ2n) is 6.19. The first-order chi connectivity index (χ1) is 12.3. The van der Waals surface area contributed by atoms with E-state index in [4.69, 9.17) is 9.47 Å². The van der Waals surface area contributed by atoms with Crippen LogP contribution in [0.25, 0.3) is 0 Å². The van der Waals surface area contributed by atoms with E-state index < -0.39 is 0 Å². The Labute approximate surface area is 153 Å². The Morgan fingerprint density at radius 1 is 1.08 bits per heavy atom. The number of ether oxygens (including phenoxy) is 2. The summed E-state index contributed by atoms with van der Waals surface area (Å²) in [6.45, 7) is 4.76. The average molecular weight is 359 g/mol. The minimum atomic E-state index is 0.160. The van der Waals surface area contributed by atoms with Crippen molar-refractivity contribution in [2.75, 3.05) is 19.7 Å². The zero-order chi connectivity index (χ0) is 17.5. The summed E-state index contributed by atoms with van der Waals surface area (Å²) in [6.07, 6.45) is 4.68. The second kappa shape index (κ2) is 8.90. The van der Waals surface area contributed by atoms with Crippen molar-refractivity contribution in [3.63, 3.8) is 0 Å².